The van der Waals surface area contributed by atoms with E-state index in [0.29, 0.717) is 25.9 Å². The molecule has 2 atom stereocenters. The average molecular weight is 1160 g/mol. The van der Waals surface area contributed by atoms with Crippen molar-refractivity contribution in [3.05, 3.63) is 24.3 Å². The van der Waals surface area contributed by atoms with Crippen molar-refractivity contribution < 1.29 is 24.5 Å². The van der Waals surface area contributed by atoms with Gasteiger partial charge in [0.2, 0.25) is 5.91 Å². The summed E-state index contributed by atoms with van der Waals surface area (Å²) in [6.45, 7) is 4.97. The molecule has 0 rings (SSSR count). The molecule has 0 aliphatic rings. The molecule has 0 aliphatic carbocycles. The molecule has 1 amide bonds. The molecule has 0 saturated heterocycles. The molecule has 0 heterocycles. The van der Waals surface area contributed by atoms with Crippen LogP contribution in [-0.2, 0) is 14.3 Å². The van der Waals surface area contributed by atoms with E-state index in [-0.39, 0.29) is 18.5 Å². The van der Waals surface area contributed by atoms with Gasteiger partial charge in [-0.25, -0.2) is 0 Å². The highest BCUT2D eigenvalue weighted by Gasteiger charge is 2.20. The fourth-order valence-corrected chi connectivity index (χ4v) is 12.0. The van der Waals surface area contributed by atoms with Crippen LogP contribution in [0.3, 0.4) is 0 Å². The van der Waals surface area contributed by atoms with Crippen LogP contribution in [0.4, 0.5) is 0 Å². The standard InChI is InChI=1S/C76H147NO5/c1-3-5-7-9-11-13-15-17-19-21-22-23-24-25-28-31-34-37-40-44-48-52-56-60-64-68-74(79)73(72-78)77-75(80)69-65-61-57-53-49-45-41-38-35-32-29-26-27-30-33-36-39-43-47-51-55-59-63-67-71-82-76(81)70-66-62-58-54-50-46-42-20-18-16-14-12-10-8-6-4-2/h14,16,20,42,73-74,78-79H,3-13,15,17-19,21-41,43-72H2,1-2H3,(H,77,80)/b16-14-,42-20-. The van der Waals surface area contributed by atoms with Gasteiger partial charge in [-0.05, 0) is 57.8 Å². The van der Waals surface area contributed by atoms with Crippen LogP contribution in [0.5, 0.6) is 0 Å². The molecule has 3 N–H and O–H groups in total. The van der Waals surface area contributed by atoms with E-state index >= 15 is 0 Å². The summed E-state index contributed by atoms with van der Waals surface area (Å²) >= 11 is 0. The summed E-state index contributed by atoms with van der Waals surface area (Å²) in [7, 11) is 0. The van der Waals surface area contributed by atoms with E-state index in [9.17, 15) is 19.8 Å². The highest BCUT2D eigenvalue weighted by atomic mass is 16.5. The van der Waals surface area contributed by atoms with E-state index in [1.54, 1.807) is 0 Å². The number of esters is 1. The molecule has 0 aliphatic heterocycles. The number of allylic oxidation sites excluding steroid dienone is 4. The maximum atomic E-state index is 12.6. The zero-order valence-electron chi connectivity index (χ0n) is 55.8. The number of amides is 1. The molecule has 0 aromatic carbocycles. The number of rotatable bonds is 71. The quantitative estimate of drug-likeness (QED) is 0.0320. The Hall–Kier alpha value is -1.66. The number of ether oxygens (including phenoxy) is 1. The maximum absolute atomic E-state index is 12.6. The van der Waals surface area contributed by atoms with E-state index in [1.165, 1.54) is 340 Å². The van der Waals surface area contributed by atoms with Gasteiger partial charge in [-0.3, -0.25) is 9.59 Å². The van der Waals surface area contributed by atoms with Crippen LogP contribution in [0, 0.1) is 0 Å². The van der Waals surface area contributed by atoms with Crippen LogP contribution >= 0.6 is 0 Å². The fourth-order valence-electron chi connectivity index (χ4n) is 12.0. The lowest BCUT2D eigenvalue weighted by Crippen LogP contribution is -2.45. The second-order valence-electron chi connectivity index (χ2n) is 26.0. The third-order valence-electron chi connectivity index (χ3n) is 17.8. The Bertz CT molecular complexity index is 1280. The predicted molar refractivity (Wildman–Crippen MR) is 361 cm³/mol. The van der Waals surface area contributed by atoms with Gasteiger partial charge in [0.25, 0.3) is 0 Å². The van der Waals surface area contributed by atoms with Crippen LogP contribution in [0.2, 0.25) is 0 Å². The van der Waals surface area contributed by atoms with Crippen LogP contribution in [0.1, 0.15) is 425 Å². The molecule has 0 fully saturated rings. The van der Waals surface area contributed by atoms with Gasteiger partial charge in [-0.15, -0.1) is 0 Å². The van der Waals surface area contributed by atoms with Crippen LogP contribution in [0.15, 0.2) is 24.3 Å². The lowest BCUT2D eigenvalue weighted by Gasteiger charge is -2.22. The number of nitrogens with one attached hydrogen (secondary N) is 1. The Morgan fingerprint density at radius 1 is 0.341 bits per heavy atom. The second-order valence-corrected chi connectivity index (χ2v) is 26.0. The highest BCUT2D eigenvalue weighted by molar-refractivity contribution is 5.76. The van der Waals surface area contributed by atoms with Crippen molar-refractivity contribution in [3.8, 4) is 0 Å². The van der Waals surface area contributed by atoms with Crippen LogP contribution in [-0.4, -0.2) is 47.4 Å². The van der Waals surface area contributed by atoms with Gasteiger partial charge in [0, 0.05) is 12.8 Å². The maximum Gasteiger partial charge on any atom is 0.305 e. The largest absolute Gasteiger partial charge is 0.466 e. The summed E-state index contributed by atoms with van der Waals surface area (Å²) in [6, 6.07) is -0.542. The third kappa shape index (κ3) is 67.5. The SMILES string of the molecule is CCCCCC/C=C\C/C=C\CCCCCCCC(=O)OCCCCCCCCCCCCCCCCCCCCCCCCCCC(=O)NC(CO)C(O)CCCCCCCCCCCCCCCCCCCCCCCCCCC. The van der Waals surface area contributed by atoms with Crippen molar-refractivity contribution in [1.29, 1.82) is 0 Å². The molecule has 6 heteroatoms. The van der Waals surface area contributed by atoms with Crippen molar-refractivity contribution in [2.24, 2.45) is 0 Å². The molecular weight excluding hydrogens is 1010 g/mol. The van der Waals surface area contributed by atoms with Gasteiger partial charge >= 0.3 is 5.97 Å². The Labute approximate surface area is 513 Å². The molecule has 486 valence electrons. The Balaban J connectivity index is 3.37. The lowest BCUT2D eigenvalue weighted by atomic mass is 10.0. The Kier molecular flexibility index (Phi) is 70.4. The first-order valence-corrected chi connectivity index (χ1v) is 37.6. The molecular formula is C76H147NO5. The fraction of sp³-hybridized carbons (Fsp3) is 0.921. The number of hydrogen-bond donors (Lipinski definition) is 3. The van der Waals surface area contributed by atoms with Gasteiger partial charge in [0.15, 0.2) is 0 Å². The van der Waals surface area contributed by atoms with E-state index in [4.69, 9.17) is 4.74 Å². The topological polar surface area (TPSA) is 95.9 Å². The molecule has 0 saturated carbocycles. The summed E-state index contributed by atoms with van der Waals surface area (Å²) in [5.41, 5.74) is 0. The van der Waals surface area contributed by atoms with Gasteiger partial charge in [0.1, 0.15) is 0 Å². The third-order valence-corrected chi connectivity index (χ3v) is 17.8. The Morgan fingerprint density at radius 2 is 0.610 bits per heavy atom. The number of carbonyl (C=O) groups excluding carboxylic acids is 2. The summed E-state index contributed by atoms with van der Waals surface area (Å²) in [6.07, 6.45) is 91.0. The van der Waals surface area contributed by atoms with Gasteiger partial charge < -0.3 is 20.3 Å². The summed E-state index contributed by atoms with van der Waals surface area (Å²) in [5, 5.41) is 23.5. The summed E-state index contributed by atoms with van der Waals surface area (Å²) in [5.74, 6) is -0.0254. The molecule has 0 aromatic heterocycles. The molecule has 6 nitrogen and oxygen atoms in total. The summed E-state index contributed by atoms with van der Waals surface area (Å²) < 4.78 is 5.49. The number of hydrogen-bond acceptors (Lipinski definition) is 5. The molecule has 82 heavy (non-hydrogen) atoms. The van der Waals surface area contributed by atoms with Crippen molar-refractivity contribution >= 4 is 11.9 Å². The minimum Gasteiger partial charge on any atom is -0.466 e. The van der Waals surface area contributed by atoms with Gasteiger partial charge in [0.05, 0.1) is 25.4 Å². The van der Waals surface area contributed by atoms with E-state index in [1.807, 2.05) is 0 Å². The first-order chi connectivity index (χ1) is 40.5. The number of unbranched alkanes of at least 4 members (excludes halogenated alkanes) is 56. The molecule has 0 radical (unpaired) electrons. The van der Waals surface area contributed by atoms with Crippen molar-refractivity contribution in [2.75, 3.05) is 13.2 Å². The van der Waals surface area contributed by atoms with Crippen molar-refractivity contribution in [1.82, 2.24) is 5.32 Å². The highest BCUT2D eigenvalue weighted by Crippen LogP contribution is 2.20. The predicted octanol–water partition coefficient (Wildman–Crippen LogP) is 24.5. The number of aliphatic hydroxyl groups excluding tert-OH is 2. The molecule has 0 spiro atoms. The zero-order valence-corrected chi connectivity index (χ0v) is 55.8. The molecule has 2 unspecified atom stereocenters. The lowest BCUT2D eigenvalue weighted by molar-refractivity contribution is -0.143. The minimum absolute atomic E-state index is 0.00314. The Morgan fingerprint density at radius 3 is 0.939 bits per heavy atom. The molecule has 0 aromatic rings. The van der Waals surface area contributed by atoms with Crippen molar-refractivity contribution in [3.63, 3.8) is 0 Å². The van der Waals surface area contributed by atoms with Gasteiger partial charge in [-0.2, -0.15) is 0 Å². The first-order valence-electron chi connectivity index (χ1n) is 37.6. The van der Waals surface area contributed by atoms with Crippen LogP contribution in [0.25, 0.3) is 0 Å². The van der Waals surface area contributed by atoms with Crippen LogP contribution < -0.4 is 5.32 Å². The monoisotopic (exact) mass is 1150 g/mol. The van der Waals surface area contributed by atoms with Crippen molar-refractivity contribution in [2.45, 2.75) is 437 Å². The smallest absolute Gasteiger partial charge is 0.305 e. The van der Waals surface area contributed by atoms with E-state index in [0.717, 1.165) is 51.4 Å². The first kappa shape index (κ1) is 80.3. The van der Waals surface area contributed by atoms with E-state index < -0.39 is 12.1 Å². The normalized spacial score (nSPS) is 12.6. The van der Waals surface area contributed by atoms with E-state index in [2.05, 4.69) is 43.5 Å². The zero-order chi connectivity index (χ0) is 59.2. The molecule has 0 bridgehead atoms. The second kappa shape index (κ2) is 71.8. The van der Waals surface area contributed by atoms with Gasteiger partial charge in [-0.1, -0.05) is 378 Å². The average Bonchev–Trinajstić information content (AvgIpc) is 3.48. The minimum atomic E-state index is -0.665. The summed E-state index contributed by atoms with van der Waals surface area (Å²) in [4.78, 5) is 24.7. The number of carbonyl (C=O) groups is 2. The number of aliphatic hydroxyl groups is 2.